The van der Waals surface area contributed by atoms with Crippen molar-refractivity contribution in [3.8, 4) is 0 Å². The third kappa shape index (κ3) is 11.0. The highest BCUT2D eigenvalue weighted by atomic mass is 32.3. The molecule has 0 bridgehead atoms. The molecule has 0 spiro atoms. The van der Waals surface area contributed by atoms with Crippen molar-refractivity contribution in [2.45, 2.75) is 137 Å². The number of carbonyl (C=O) groups excluding carboxylic acids is 2. The summed E-state index contributed by atoms with van der Waals surface area (Å²) in [5.41, 5.74) is 0. The van der Waals surface area contributed by atoms with E-state index in [4.69, 9.17) is 37.7 Å². The van der Waals surface area contributed by atoms with Crippen LogP contribution in [0.15, 0.2) is 0 Å². The largest absolute Gasteiger partial charge is 0.397 e. The van der Waals surface area contributed by atoms with Crippen molar-refractivity contribution in [1.82, 2.24) is 10.6 Å². The van der Waals surface area contributed by atoms with Gasteiger partial charge in [0.15, 0.2) is 25.2 Å². The van der Waals surface area contributed by atoms with E-state index >= 15 is 0 Å². The first-order valence-electron chi connectivity index (χ1n) is 16.7. The second-order valence-electron chi connectivity index (χ2n) is 13.2. The van der Waals surface area contributed by atoms with Crippen LogP contribution in [0, 0.1) is 0 Å². The fourth-order valence-electron chi connectivity index (χ4n) is 6.39. The van der Waals surface area contributed by atoms with Crippen molar-refractivity contribution in [2.24, 2.45) is 0 Å². The van der Waals surface area contributed by atoms with Gasteiger partial charge in [0.1, 0.15) is 97.5 Å². The minimum atomic E-state index is -5.06. The number of aliphatic hydroxyl groups excluding tert-OH is 11. The summed E-state index contributed by atoms with van der Waals surface area (Å²) < 4.78 is 74.1. The highest BCUT2D eigenvalue weighted by Crippen LogP contribution is 2.32. The SMILES string of the molecule is CC(=O)N[C@@H]1[C@@H](O[C@@H]2O[C@H](COS(=O)(=O)O)[C@H](O)[C@H](O)[C@H]2O)[C@@H](O)[C@@H](CO[C@@H]2O[C@H](CO)[C@@H](O[C@@H]3O[C@H](CO)[C@H](O)[C@H](O)[C@H]3O)[C@H](O)[C@H]2NC(C)=O)O[C@@H]1O. The van der Waals surface area contributed by atoms with E-state index < -0.39 is 171 Å². The highest BCUT2D eigenvalue weighted by molar-refractivity contribution is 7.80. The number of amides is 2. The van der Waals surface area contributed by atoms with Gasteiger partial charge in [0.05, 0.1) is 26.4 Å². The second-order valence-corrected chi connectivity index (χ2v) is 14.3. The van der Waals surface area contributed by atoms with Crippen LogP contribution in [-0.2, 0) is 57.3 Å². The third-order valence-corrected chi connectivity index (χ3v) is 9.63. The summed E-state index contributed by atoms with van der Waals surface area (Å²) in [5, 5.41) is 120. The van der Waals surface area contributed by atoms with Crippen molar-refractivity contribution >= 4 is 22.2 Å². The van der Waals surface area contributed by atoms with Crippen LogP contribution in [0.1, 0.15) is 13.8 Å². The number of hydrogen-bond acceptors (Lipinski definition) is 23. The predicted octanol–water partition coefficient (Wildman–Crippen LogP) is -9.63. The number of hydrogen-bond donors (Lipinski definition) is 14. The lowest BCUT2D eigenvalue weighted by Gasteiger charge is -2.48. The van der Waals surface area contributed by atoms with E-state index in [1.807, 2.05) is 0 Å². The Morgan fingerprint density at radius 3 is 1.56 bits per heavy atom. The van der Waals surface area contributed by atoms with Crippen LogP contribution in [0.2, 0.25) is 0 Å². The molecule has 20 atom stereocenters. The zero-order valence-corrected chi connectivity index (χ0v) is 29.9. The monoisotopic (exact) mass is 828 g/mol. The molecule has 0 aromatic carbocycles. The Bertz CT molecular complexity index is 1380. The maximum absolute atomic E-state index is 12.2. The molecule has 4 aliphatic rings. The smallest absolute Gasteiger partial charge is 0.394 e. The molecule has 4 aliphatic heterocycles. The van der Waals surface area contributed by atoms with Gasteiger partial charge in [-0.2, -0.15) is 8.42 Å². The highest BCUT2D eigenvalue weighted by Gasteiger charge is 2.54. The summed E-state index contributed by atoms with van der Waals surface area (Å²) in [7, 11) is -5.06. The number of rotatable bonds is 14. The number of nitrogens with one attached hydrogen (secondary N) is 2. The molecule has 0 saturated carbocycles. The van der Waals surface area contributed by atoms with Crippen LogP contribution in [0.25, 0.3) is 0 Å². The molecule has 4 fully saturated rings. The molecule has 4 heterocycles. The van der Waals surface area contributed by atoms with Crippen LogP contribution in [0.4, 0.5) is 0 Å². The van der Waals surface area contributed by atoms with E-state index in [-0.39, 0.29) is 0 Å². The van der Waals surface area contributed by atoms with Gasteiger partial charge in [-0.1, -0.05) is 0 Å². The Kier molecular flexibility index (Phi) is 16.0. The van der Waals surface area contributed by atoms with Crippen molar-refractivity contribution in [3.05, 3.63) is 0 Å². The maximum atomic E-state index is 12.2. The first-order chi connectivity index (χ1) is 25.7. The van der Waals surface area contributed by atoms with Gasteiger partial charge < -0.3 is 100.0 Å². The average molecular weight is 829 g/mol. The van der Waals surface area contributed by atoms with Crippen LogP contribution < -0.4 is 10.6 Å². The molecule has 0 aromatic heterocycles. The molecule has 0 aliphatic carbocycles. The lowest BCUT2D eigenvalue weighted by molar-refractivity contribution is -0.355. The molecular formula is C28H48N2O24S. The Morgan fingerprint density at radius 2 is 1.04 bits per heavy atom. The fraction of sp³-hybridized carbons (Fsp3) is 0.929. The Balaban J connectivity index is 1.52. The van der Waals surface area contributed by atoms with E-state index in [9.17, 15) is 74.2 Å². The Labute approximate surface area is 311 Å². The van der Waals surface area contributed by atoms with Crippen LogP contribution in [-0.4, -0.2) is 230 Å². The lowest BCUT2D eigenvalue weighted by atomic mass is 9.94. The van der Waals surface area contributed by atoms with Gasteiger partial charge in [-0.25, -0.2) is 4.18 Å². The molecule has 4 rings (SSSR count). The van der Waals surface area contributed by atoms with Gasteiger partial charge in [-0.05, 0) is 0 Å². The minimum absolute atomic E-state index is 0.745. The Hall–Kier alpha value is -1.91. The van der Waals surface area contributed by atoms with Gasteiger partial charge in [0.25, 0.3) is 0 Å². The topological polar surface area (TPSA) is 409 Å². The standard InChI is InChI=1S/C28H48N2O24S/c1-7(33)29-13-18(38)23(53-27-21(41)19(39)15(35)9(3-31)50-27)10(4-32)51-26(13)47-5-11-17(37)24(14(25(43)49-11)30-8(2)34)54-28-22(42)20(40)16(36)12(52-28)6-48-55(44,45)46/h9-28,31-32,35-43H,3-6H2,1-2H3,(H,29,33)(H,30,34)(H,44,45,46)/t9-,10-,11-,12-,13-,14-,15+,16+,17+,18-,19+,20+,21-,22-,23-,24-,25+,26-,27+,28+/m1/s1. The lowest BCUT2D eigenvalue weighted by Crippen LogP contribution is -2.69. The zero-order chi connectivity index (χ0) is 41.1. The molecule has 4 saturated heterocycles. The van der Waals surface area contributed by atoms with E-state index in [0.29, 0.717) is 0 Å². The van der Waals surface area contributed by atoms with Gasteiger partial charge in [0, 0.05) is 13.8 Å². The van der Waals surface area contributed by atoms with Crippen LogP contribution >= 0.6 is 0 Å². The summed E-state index contributed by atoms with van der Waals surface area (Å²) in [6, 6.07) is -3.18. The molecule has 0 unspecified atom stereocenters. The quantitative estimate of drug-likeness (QED) is 0.0723. The minimum Gasteiger partial charge on any atom is -0.394 e. The molecule has 0 aromatic rings. The van der Waals surface area contributed by atoms with E-state index in [2.05, 4.69) is 14.8 Å². The molecule has 2 amide bonds. The van der Waals surface area contributed by atoms with Gasteiger partial charge >= 0.3 is 10.4 Å². The average Bonchev–Trinajstić information content (AvgIpc) is 3.11. The summed E-state index contributed by atoms with van der Waals surface area (Å²) in [4.78, 5) is 24.2. The van der Waals surface area contributed by atoms with E-state index in [0.717, 1.165) is 13.8 Å². The molecule has 0 radical (unpaired) electrons. The molecule has 26 nitrogen and oxygen atoms in total. The first kappa shape index (κ1) is 45.8. The molecule has 55 heavy (non-hydrogen) atoms. The third-order valence-electron chi connectivity index (χ3n) is 9.19. The van der Waals surface area contributed by atoms with Crippen molar-refractivity contribution in [1.29, 1.82) is 0 Å². The van der Waals surface area contributed by atoms with Gasteiger partial charge in [-0.15, -0.1) is 0 Å². The van der Waals surface area contributed by atoms with Crippen LogP contribution in [0.3, 0.4) is 0 Å². The number of aliphatic hydroxyl groups is 11. The Morgan fingerprint density at radius 1 is 0.564 bits per heavy atom. The molecule has 14 N–H and O–H groups in total. The van der Waals surface area contributed by atoms with Crippen molar-refractivity contribution < 1.29 is 116 Å². The summed E-state index contributed by atoms with van der Waals surface area (Å²) in [6.45, 7) is -1.49. The zero-order valence-electron chi connectivity index (χ0n) is 29.0. The molecular weight excluding hydrogens is 780 g/mol. The maximum Gasteiger partial charge on any atom is 0.397 e. The number of ether oxygens (including phenoxy) is 7. The van der Waals surface area contributed by atoms with E-state index in [1.165, 1.54) is 0 Å². The predicted molar refractivity (Wildman–Crippen MR) is 167 cm³/mol. The molecule has 27 heteroatoms. The van der Waals surface area contributed by atoms with Crippen LogP contribution in [0.5, 0.6) is 0 Å². The normalized spacial score (nSPS) is 45.5. The van der Waals surface area contributed by atoms with E-state index in [1.54, 1.807) is 0 Å². The summed E-state index contributed by atoms with van der Waals surface area (Å²) >= 11 is 0. The first-order valence-corrected chi connectivity index (χ1v) is 18.1. The fourth-order valence-corrected chi connectivity index (χ4v) is 6.69. The van der Waals surface area contributed by atoms with Crippen molar-refractivity contribution in [3.63, 3.8) is 0 Å². The summed E-state index contributed by atoms with van der Waals surface area (Å²) in [6.07, 6.45) is -32.8. The number of carbonyl (C=O) groups is 2. The summed E-state index contributed by atoms with van der Waals surface area (Å²) in [5.74, 6) is -1.52. The molecule has 320 valence electrons. The second kappa shape index (κ2) is 19.2. The van der Waals surface area contributed by atoms with Gasteiger partial charge in [-0.3, -0.25) is 14.1 Å². The van der Waals surface area contributed by atoms with Gasteiger partial charge in [0.2, 0.25) is 11.8 Å². The van der Waals surface area contributed by atoms with Crippen molar-refractivity contribution in [2.75, 3.05) is 26.4 Å².